The Kier molecular flexibility index (Phi) is 4.66. The van der Waals surface area contributed by atoms with Crippen LogP contribution in [-0.2, 0) is 0 Å². The fraction of sp³-hybridized carbons (Fsp3) is 0.222. The predicted octanol–water partition coefficient (Wildman–Crippen LogP) is 4.13. The van der Waals surface area contributed by atoms with Gasteiger partial charge in [-0.1, -0.05) is 29.8 Å². The number of para-hydroxylation sites is 1. The molecule has 0 aromatic heterocycles. The van der Waals surface area contributed by atoms with Crippen LogP contribution in [-0.4, -0.2) is 19.4 Å². The highest BCUT2D eigenvalue weighted by Gasteiger charge is 2.13. The molecule has 0 aliphatic carbocycles. The highest BCUT2D eigenvalue weighted by Crippen LogP contribution is 2.28. The van der Waals surface area contributed by atoms with Crippen LogP contribution in [0.25, 0.3) is 5.57 Å². The van der Waals surface area contributed by atoms with Gasteiger partial charge in [0.1, 0.15) is 24.3 Å². The van der Waals surface area contributed by atoms with Gasteiger partial charge in [-0.3, -0.25) is 5.32 Å². The number of ether oxygens (including phenoxy) is 2. The lowest BCUT2D eigenvalue weighted by molar-refractivity contribution is 0.189. The van der Waals surface area contributed by atoms with E-state index in [-0.39, 0.29) is 6.23 Å². The van der Waals surface area contributed by atoms with Crippen LogP contribution in [0.5, 0.6) is 11.5 Å². The van der Waals surface area contributed by atoms with Gasteiger partial charge in [-0.25, -0.2) is 0 Å². The lowest BCUT2D eigenvalue weighted by Gasteiger charge is -2.21. The second kappa shape index (κ2) is 6.86. The SMILES string of the molecule is CC(NCC1=CCOc2ccccc21)Oc1ccc(Cl)cc1. The lowest BCUT2D eigenvalue weighted by Crippen LogP contribution is -2.33. The quantitative estimate of drug-likeness (QED) is 0.842. The average Bonchev–Trinajstić information content (AvgIpc) is 2.55. The van der Waals surface area contributed by atoms with Gasteiger partial charge in [-0.2, -0.15) is 0 Å². The molecule has 1 atom stereocenters. The topological polar surface area (TPSA) is 30.5 Å². The standard InChI is InChI=1S/C18H18ClNO2/c1-13(22-16-8-6-15(19)7-9-16)20-12-14-10-11-21-18-5-3-2-4-17(14)18/h2-10,13,20H,11-12H2,1H3. The van der Waals surface area contributed by atoms with Crippen molar-refractivity contribution in [3.63, 3.8) is 0 Å². The van der Waals surface area contributed by atoms with E-state index in [1.165, 1.54) is 5.57 Å². The second-order valence-electron chi connectivity index (χ2n) is 5.13. The van der Waals surface area contributed by atoms with Crippen LogP contribution in [0.1, 0.15) is 12.5 Å². The Morgan fingerprint density at radius 2 is 1.95 bits per heavy atom. The number of fused-ring (bicyclic) bond motifs is 1. The first-order valence-corrected chi connectivity index (χ1v) is 7.67. The molecule has 0 fully saturated rings. The third-order valence-corrected chi connectivity index (χ3v) is 3.76. The highest BCUT2D eigenvalue weighted by molar-refractivity contribution is 6.30. The van der Waals surface area contributed by atoms with Crippen molar-refractivity contribution >= 4 is 17.2 Å². The largest absolute Gasteiger partial charge is 0.489 e. The van der Waals surface area contributed by atoms with Gasteiger partial charge in [0.15, 0.2) is 0 Å². The Hall–Kier alpha value is -1.97. The summed E-state index contributed by atoms with van der Waals surface area (Å²) in [5, 5.41) is 4.08. The summed E-state index contributed by atoms with van der Waals surface area (Å²) in [6.07, 6.45) is 2.00. The van der Waals surface area contributed by atoms with Gasteiger partial charge in [0.05, 0.1) is 0 Å². The Labute approximate surface area is 135 Å². The van der Waals surface area contributed by atoms with E-state index < -0.39 is 0 Å². The molecule has 0 saturated heterocycles. The predicted molar refractivity (Wildman–Crippen MR) is 89.5 cm³/mol. The summed E-state index contributed by atoms with van der Waals surface area (Å²) in [7, 11) is 0. The minimum atomic E-state index is -0.0999. The highest BCUT2D eigenvalue weighted by atomic mass is 35.5. The Morgan fingerprint density at radius 1 is 1.18 bits per heavy atom. The van der Waals surface area contributed by atoms with E-state index in [4.69, 9.17) is 21.1 Å². The zero-order chi connectivity index (χ0) is 15.4. The summed E-state index contributed by atoms with van der Waals surface area (Å²) in [5.74, 6) is 1.74. The molecule has 0 spiro atoms. The van der Waals surface area contributed by atoms with Gasteiger partial charge in [-0.05, 0) is 48.9 Å². The van der Waals surface area contributed by atoms with Crippen molar-refractivity contribution in [3.8, 4) is 11.5 Å². The minimum absolute atomic E-state index is 0.0999. The van der Waals surface area contributed by atoms with E-state index in [2.05, 4.69) is 17.5 Å². The monoisotopic (exact) mass is 315 g/mol. The Morgan fingerprint density at radius 3 is 2.77 bits per heavy atom. The number of nitrogens with one attached hydrogen (secondary N) is 1. The van der Waals surface area contributed by atoms with Crippen molar-refractivity contribution < 1.29 is 9.47 Å². The Balaban J connectivity index is 1.58. The van der Waals surface area contributed by atoms with Gasteiger partial charge in [0.2, 0.25) is 0 Å². The summed E-state index contributed by atoms with van der Waals surface area (Å²) in [6, 6.07) is 15.5. The number of benzene rings is 2. The average molecular weight is 316 g/mol. The van der Waals surface area contributed by atoms with E-state index in [9.17, 15) is 0 Å². The lowest BCUT2D eigenvalue weighted by atomic mass is 10.0. The molecule has 2 aromatic rings. The second-order valence-corrected chi connectivity index (χ2v) is 5.57. The molecule has 1 unspecified atom stereocenters. The third-order valence-electron chi connectivity index (χ3n) is 3.51. The van der Waals surface area contributed by atoms with Crippen molar-refractivity contribution in [3.05, 3.63) is 65.2 Å². The van der Waals surface area contributed by atoms with Gasteiger partial charge in [-0.15, -0.1) is 0 Å². The van der Waals surface area contributed by atoms with Crippen LogP contribution in [0.3, 0.4) is 0 Å². The maximum Gasteiger partial charge on any atom is 0.147 e. The number of hydrogen-bond acceptors (Lipinski definition) is 3. The van der Waals surface area contributed by atoms with Crippen molar-refractivity contribution in [1.29, 1.82) is 0 Å². The molecule has 4 heteroatoms. The third kappa shape index (κ3) is 3.62. The van der Waals surface area contributed by atoms with E-state index in [0.717, 1.165) is 23.6 Å². The maximum absolute atomic E-state index is 5.87. The van der Waals surface area contributed by atoms with E-state index in [0.29, 0.717) is 11.6 Å². The molecule has 0 radical (unpaired) electrons. The van der Waals surface area contributed by atoms with E-state index in [1.807, 2.05) is 49.4 Å². The molecule has 3 rings (SSSR count). The maximum atomic E-state index is 5.87. The molecule has 0 amide bonds. The zero-order valence-electron chi connectivity index (χ0n) is 12.4. The molecule has 1 aliphatic rings. The molecule has 22 heavy (non-hydrogen) atoms. The normalized spacial score (nSPS) is 14.5. The molecule has 1 aliphatic heterocycles. The number of halogens is 1. The first-order chi connectivity index (χ1) is 10.7. The zero-order valence-corrected chi connectivity index (χ0v) is 13.1. The summed E-state index contributed by atoms with van der Waals surface area (Å²) < 4.78 is 11.4. The number of hydrogen-bond donors (Lipinski definition) is 1. The fourth-order valence-electron chi connectivity index (χ4n) is 2.38. The summed E-state index contributed by atoms with van der Waals surface area (Å²) >= 11 is 5.87. The van der Waals surface area contributed by atoms with Crippen LogP contribution < -0.4 is 14.8 Å². The van der Waals surface area contributed by atoms with Crippen molar-refractivity contribution in [2.45, 2.75) is 13.2 Å². The minimum Gasteiger partial charge on any atom is -0.489 e. The van der Waals surface area contributed by atoms with Gasteiger partial charge >= 0.3 is 0 Å². The van der Waals surface area contributed by atoms with Crippen LogP contribution in [0, 0.1) is 0 Å². The van der Waals surface area contributed by atoms with E-state index >= 15 is 0 Å². The fourth-order valence-corrected chi connectivity index (χ4v) is 2.51. The summed E-state index contributed by atoms with van der Waals surface area (Å²) in [5.41, 5.74) is 2.37. The molecular formula is C18H18ClNO2. The van der Waals surface area contributed by atoms with Crippen molar-refractivity contribution in [1.82, 2.24) is 5.32 Å². The molecule has 2 aromatic carbocycles. The first-order valence-electron chi connectivity index (χ1n) is 7.29. The number of rotatable bonds is 5. The first kappa shape index (κ1) is 14.9. The molecule has 114 valence electrons. The van der Waals surface area contributed by atoms with E-state index in [1.54, 1.807) is 0 Å². The summed E-state index contributed by atoms with van der Waals surface area (Å²) in [4.78, 5) is 0. The smallest absolute Gasteiger partial charge is 0.147 e. The molecule has 3 nitrogen and oxygen atoms in total. The van der Waals surface area contributed by atoms with Gasteiger partial charge < -0.3 is 9.47 Å². The van der Waals surface area contributed by atoms with Crippen molar-refractivity contribution in [2.75, 3.05) is 13.2 Å². The van der Waals surface area contributed by atoms with Gasteiger partial charge in [0, 0.05) is 17.1 Å². The molecule has 0 bridgehead atoms. The molecular weight excluding hydrogens is 298 g/mol. The summed E-state index contributed by atoms with van der Waals surface area (Å²) in [6.45, 7) is 3.33. The molecule has 0 saturated carbocycles. The van der Waals surface area contributed by atoms with Crippen LogP contribution in [0.2, 0.25) is 5.02 Å². The molecule has 1 heterocycles. The van der Waals surface area contributed by atoms with Crippen molar-refractivity contribution in [2.24, 2.45) is 0 Å². The van der Waals surface area contributed by atoms with Crippen LogP contribution in [0.4, 0.5) is 0 Å². The van der Waals surface area contributed by atoms with Gasteiger partial charge in [0.25, 0.3) is 0 Å². The van der Waals surface area contributed by atoms with Crippen LogP contribution >= 0.6 is 11.6 Å². The van der Waals surface area contributed by atoms with Crippen LogP contribution in [0.15, 0.2) is 54.6 Å². The Bertz CT molecular complexity index is 667. The molecule has 1 N–H and O–H groups in total.